The van der Waals surface area contributed by atoms with Crippen LogP contribution in [0.2, 0.25) is 0 Å². The number of aryl methyl sites for hydroxylation is 1. The second kappa shape index (κ2) is 5.52. The average Bonchev–Trinajstić information content (AvgIpc) is 2.78. The van der Waals surface area contributed by atoms with Crippen molar-refractivity contribution in [3.8, 4) is 5.69 Å². The van der Waals surface area contributed by atoms with Crippen LogP contribution in [0.4, 0.5) is 0 Å². The Morgan fingerprint density at radius 2 is 2.05 bits per heavy atom. The summed E-state index contributed by atoms with van der Waals surface area (Å²) in [4.78, 5) is 15.9. The number of amides is 1. The van der Waals surface area contributed by atoms with E-state index < -0.39 is 0 Å². The fourth-order valence-corrected chi connectivity index (χ4v) is 1.85. The van der Waals surface area contributed by atoms with Crippen molar-refractivity contribution in [1.82, 2.24) is 14.9 Å². The molecule has 0 saturated carbocycles. The van der Waals surface area contributed by atoms with Crippen LogP contribution in [-0.2, 0) is 11.3 Å². The van der Waals surface area contributed by atoms with Crippen LogP contribution in [0.25, 0.3) is 5.69 Å². The molecule has 1 heterocycles. The van der Waals surface area contributed by atoms with Gasteiger partial charge in [-0.3, -0.25) is 9.36 Å². The molecule has 0 unspecified atom stereocenters. The molecule has 0 aliphatic carbocycles. The molecule has 1 amide bonds. The van der Waals surface area contributed by atoms with E-state index >= 15 is 0 Å². The molecule has 0 aliphatic heterocycles. The standard InChI is InChI=1S/C15H17N3O/c1-11(2)15(19)17-10-14-16-9-12(3)18(14)13-7-5-4-6-8-13/h4-9H,1,10H2,2-3H3,(H,17,19). The second-order valence-corrected chi connectivity index (χ2v) is 4.45. The summed E-state index contributed by atoms with van der Waals surface area (Å²) in [5.74, 6) is 0.651. The predicted octanol–water partition coefficient (Wildman–Crippen LogP) is 2.37. The van der Waals surface area contributed by atoms with Crippen LogP contribution in [0.1, 0.15) is 18.4 Å². The number of aromatic nitrogens is 2. The van der Waals surface area contributed by atoms with Crippen molar-refractivity contribution < 1.29 is 4.79 Å². The summed E-state index contributed by atoms with van der Waals surface area (Å²) in [5.41, 5.74) is 2.57. The molecule has 2 aromatic rings. The molecular formula is C15H17N3O. The molecule has 98 valence electrons. The molecule has 1 aromatic carbocycles. The van der Waals surface area contributed by atoms with Crippen LogP contribution >= 0.6 is 0 Å². The summed E-state index contributed by atoms with van der Waals surface area (Å²) < 4.78 is 2.03. The normalized spacial score (nSPS) is 10.2. The molecule has 0 spiro atoms. The number of rotatable bonds is 4. The van der Waals surface area contributed by atoms with Crippen molar-refractivity contribution in [2.24, 2.45) is 0 Å². The number of para-hydroxylation sites is 1. The molecule has 0 radical (unpaired) electrons. The Labute approximate surface area is 112 Å². The molecular weight excluding hydrogens is 238 g/mol. The summed E-state index contributed by atoms with van der Waals surface area (Å²) in [7, 11) is 0. The highest BCUT2D eigenvalue weighted by molar-refractivity contribution is 5.91. The topological polar surface area (TPSA) is 46.9 Å². The summed E-state index contributed by atoms with van der Waals surface area (Å²) in [6.07, 6.45) is 1.80. The van der Waals surface area contributed by atoms with Gasteiger partial charge >= 0.3 is 0 Å². The van der Waals surface area contributed by atoms with E-state index in [4.69, 9.17) is 0 Å². The number of carbonyl (C=O) groups excluding carboxylic acids is 1. The van der Waals surface area contributed by atoms with E-state index in [2.05, 4.69) is 16.9 Å². The fraction of sp³-hybridized carbons (Fsp3) is 0.200. The highest BCUT2D eigenvalue weighted by Crippen LogP contribution is 2.14. The van der Waals surface area contributed by atoms with E-state index in [0.717, 1.165) is 17.2 Å². The average molecular weight is 255 g/mol. The predicted molar refractivity (Wildman–Crippen MR) is 75.0 cm³/mol. The van der Waals surface area contributed by atoms with Crippen LogP contribution in [0.15, 0.2) is 48.7 Å². The monoisotopic (exact) mass is 255 g/mol. The van der Waals surface area contributed by atoms with E-state index in [1.807, 2.05) is 41.8 Å². The summed E-state index contributed by atoms with van der Waals surface area (Å²) >= 11 is 0. The third kappa shape index (κ3) is 2.91. The lowest BCUT2D eigenvalue weighted by Gasteiger charge is -2.10. The van der Waals surface area contributed by atoms with Crippen LogP contribution in [-0.4, -0.2) is 15.5 Å². The van der Waals surface area contributed by atoms with E-state index in [9.17, 15) is 4.79 Å². The Balaban J connectivity index is 2.24. The maximum atomic E-state index is 11.5. The molecule has 19 heavy (non-hydrogen) atoms. The molecule has 0 saturated heterocycles. The third-order valence-electron chi connectivity index (χ3n) is 2.82. The summed E-state index contributed by atoms with van der Waals surface area (Å²) in [6, 6.07) is 9.95. The Kier molecular flexibility index (Phi) is 3.80. The van der Waals surface area contributed by atoms with Crippen molar-refractivity contribution in [3.63, 3.8) is 0 Å². The van der Waals surface area contributed by atoms with Crippen molar-refractivity contribution in [3.05, 3.63) is 60.2 Å². The van der Waals surface area contributed by atoms with Gasteiger partial charge in [-0.05, 0) is 26.0 Å². The number of nitrogens with one attached hydrogen (secondary N) is 1. The van der Waals surface area contributed by atoms with Crippen LogP contribution in [0.3, 0.4) is 0 Å². The number of nitrogens with zero attached hydrogens (tertiary/aromatic N) is 2. The first-order valence-corrected chi connectivity index (χ1v) is 6.12. The van der Waals surface area contributed by atoms with E-state index in [1.54, 1.807) is 13.1 Å². The highest BCUT2D eigenvalue weighted by Gasteiger charge is 2.10. The summed E-state index contributed by atoms with van der Waals surface area (Å²) in [6.45, 7) is 7.67. The maximum absolute atomic E-state index is 11.5. The van der Waals surface area contributed by atoms with Gasteiger partial charge < -0.3 is 5.32 Å². The quantitative estimate of drug-likeness (QED) is 0.853. The maximum Gasteiger partial charge on any atom is 0.246 e. The minimum atomic E-state index is -0.153. The number of carbonyl (C=O) groups is 1. The van der Waals surface area contributed by atoms with E-state index in [0.29, 0.717) is 12.1 Å². The molecule has 4 heteroatoms. The molecule has 4 nitrogen and oxygen atoms in total. The highest BCUT2D eigenvalue weighted by atomic mass is 16.1. The number of hydrogen-bond acceptors (Lipinski definition) is 2. The van der Waals surface area contributed by atoms with Gasteiger partial charge in [0.2, 0.25) is 5.91 Å². The first-order valence-electron chi connectivity index (χ1n) is 6.12. The van der Waals surface area contributed by atoms with Gasteiger partial charge in [-0.1, -0.05) is 24.8 Å². The molecule has 0 bridgehead atoms. The van der Waals surface area contributed by atoms with Crippen molar-refractivity contribution in [1.29, 1.82) is 0 Å². The lowest BCUT2D eigenvalue weighted by atomic mass is 10.3. The van der Waals surface area contributed by atoms with Gasteiger partial charge in [0.15, 0.2) is 0 Å². The summed E-state index contributed by atoms with van der Waals surface area (Å²) in [5, 5.41) is 2.80. The van der Waals surface area contributed by atoms with E-state index in [-0.39, 0.29) is 5.91 Å². The molecule has 1 aromatic heterocycles. The molecule has 0 atom stereocenters. The van der Waals surface area contributed by atoms with Gasteiger partial charge in [0.05, 0.1) is 6.54 Å². The second-order valence-electron chi connectivity index (χ2n) is 4.45. The lowest BCUT2D eigenvalue weighted by Crippen LogP contribution is -2.24. The Morgan fingerprint density at radius 3 is 2.68 bits per heavy atom. The smallest absolute Gasteiger partial charge is 0.246 e. The molecule has 2 rings (SSSR count). The van der Waals surface area contributed by atoms with Crippen molar-refractivity contribution in [2.45, 2.75) is 20.4 Å². The zero-order valence-corrected chi connectivity index (χ0v) is 11.2. The third-order valence-corrected chi connectivity index (χ3v) is 2.82. The Bertz CT molecular complexity index is 599. The lowest BCUT2D eigenvalue weighted by molar-refractivity contribution is -0.117. The zero-order chi connectivity index (χ0) is 13.8. The first kappa shape index (κ1) is 13.1. The fourth-order valence-electron chi connectivity index (χ4n) is 1.85. The minimum absolute atomic E-state index is 0.153. The van der Waals surface area contributed by atoms with Gasteiger partial charge in [-0.25, -0.2) is 4.98 Å². The Hall–Kier alpha value is -2.36. The molecule has 0 aliphatic rings. The number of benzene rings is 1. The number of imidazole rings is 1. The largest absolute Gasteiger partial charge is 0.345 e. The zero-order valence-electron chi connectivity index (χ0n) is 11.2. The first-order chi connectivity index (χ1) is 9.09. The van der Waals surface area contributed by atoms with Gasteiger partial charge in [-0.2, -0.15) is 0 Å². The van der Waals surface area contributed by atoms with Gasteiger partial charge in [0, 0.05) is 23.2 Å². The van der Waals surface area contributed by atoms with Gasteiger partial charge in [0.1, 0.15) is 5.82 Å². The van der Waals surface area contributed by atoms with E-state index in [1.165, 1.54) is 0 Å². The van der Waals surface area contributed by atoms with Crippen LogP contribution in [0.5, 0.6) is 0 Å². The molecule has 0 fully saturated rings. The van der Waals surface area contributed by atoms with Crippen LogP contribution in [0, 0.1) is 6.92 Å². The van der Waals surface area contributed by atoms with Crippen molar-refractivity contribution >= 4 is 5.91 Å². The van der Waals surface area contributed by atoms with Gasteiger partial charge in [0.25, 0.3) is 0 Å². The number of hydrogen-bond donors (Lipinski definition) is 1. The van der Waals surface area contributed by atoms with Crippen molar-refractivity contribution in [2.75, 3.05) is 0 Å². The Morgan fingerprint density at radius 1 is 1.37 bits per heavy atom. The minimum Gasteiger partial charge on any atom is -0.345 e. The van der Waals surface area contributed by atoms with Gasteiger partial charge in [-0.15, -0.1) is 0 Å². The van der Waals surface area contributed by atoms with Crippen LogP contribution < -0.4 is 5.32 Å². The molecule has 1 N–H and O–H groups in total. The SMILES string of the molecule is C=C(C)C(=O)NCc1ncc(C)n1-c1ccccc1.